The van der Waals surface area contributed by atoms with Crippen molar-refractivity contribution in [2.75, 3.05) is 30.9 Å². The highest BCUT2D eigenvalue weighted by atomic mass is 35.5. The van der Waals surface area contributed by atoms with Gasteiger partial charge in [0.25, 0.3) is 0 Å². The third kappa shape index (κ3) is 5.59. The molecule has 0 spiro atoms. The zero-order valence-corrected chi connectivity index (χ0v) is 12.5. The first-order chi connectivity index (χ1) is 9.04. The molecule has 0 aromatic carbocycles. The number of nitrogen functional groups attached to an aromatic ring is 1. The van der Waals surface area contributed by atoms with Crippen molar-refractivity contribution in [1.82, 2.24) is 14.9 Å². The molecule has 0 aliphatic carbocycles. The van der Waals surface area contributed by atoms with Crippen molar-refractivity contribution in [2.45, 2.75) is 32.7 Å². The minimum absolute atomic E-state index is 0.353. The van der Waals surface area contributed by atoms with E-state index in [4.69, 9.17) is 17.4 Å². The van der Waals surface area contributed by atoms with E-state index in [2.05, 4.69) is 46.5 Å². The Morgan fingerprint density at radius 1 is 1.42 bits per heavy atom. The van der Waals surface area contributed by atoms with Crippen molar-refractivity contribution in [1.29, 1.82) is 0 Å². The molecule has 19 heavy (non-hydrogen) atoms. The standard InChI is InChI=1S/C12H23ClN6/c1-9(2)19(3)7-5-4-6-15-11-10(13)8-16-12(17-11)18-14/h8-9H,4-7,14H2,1-3H3,(H2,15,16,17,18). The van der Waals surface area contributed by atoms with Crippen LogP contribution < -0.4 is 16.6 Å². The van der Waals surface area contributed by atoms with Gasteiger partial charge in [0.15, 0.2) is 5.82 Å². The second-order valence-corrected chi connectivity index (χ2v) is 5.15. The van der Waals surface area contributed by atoms with Crippen LogP contribution >= 0.6 is 11.6 Å². The van der Waals surface area contributed by atoms with Crippen LogP contribution in [0.3, 0.4) is 0 Å². The normalized spacial score (nSPS) is 11.1. The second-order valence-electron chi connectivity index (χ2n) is 4.74. The SMILES string of the molecule is CC(C)N(C)CCCCNc1nc(NN)ncc1Cl. The number of nitrogens with two attached hydrogens (primary N) is 1. The Morgan fingerprint density at radius 2 is 2.16 bits per heavy atom. The van der Waals surface area contributed by atoms with Crippen molar-refractivity contribution in [3.63, 3.8) is 0 Å². The second kappa shape index (κ2) is 8.14. The molecule has 0 saturated heterocycles. The lowest BCUT2D eigenvalue weighted by atomic mass is 10.2. The summed E-state index contributed by atoms with van der Waals surface area (Å²) >= 11 is 5.99. The maximum atomic E-state index is 5.99. The summed E-state index contributed by atoms with van der Waals surface area (Å²) < 4.78 is 0. The molecule has 108 valence electrons. The quantitative estimate of drug-likeness (QED) is 0.385. The van der Waals surface area contributed by atoms with Crippen molar-refractivity contribution < 1.29 is 0 Å². The fourth-order valence-corrected chi connectivity index (χ4v) is 1.67. The molecule has 0 fully saturated rings. The van der Waals surface area contributed by atoms with Gasteiger partial charge in [0.1, 0.15) is 5.02 Å². The Bertz CT molecular complexity index is 384. The first kappa shape index (κ1) is 15.9. The predicted molar refractivity (Wildman–Crippen MR) is 80.3 cm³/mol. The molecule has 1 aromatic rings. The Labute approximate surface area is 119 Å². The molecule has 0 aliphatic rings. The van der Waals surface area contributed by atoms with E-state index in [9.17, 15) is 0 Å². The molecular weight excluding hydrogens is 264 g/mol. The third-order valence-electron chi connectivity index (χ3n) is 2.98. The number of anilines is 2. The van der Waals surface area contributed by atoms with E-state index >= 15 is 0 Å². The topological polar surface area (TPSA) is 79.1 Å². The van der Waals surface area contributed by atoms with Crippen molar-refractivity contribution in [3.05, 3.63) is 11.2 Å². The highest BCUT2D eigenvalue weighted by Gasteiger charge is 2.05. The number of halogens is 1. The summed E-state index contributed by atoms with van der Waals surface area (Å²) in [5, 5.41) is 3.69. The number of unbranched alkanes of at least 4 members (excludes halogenated alkanes) is 1. The van der Waals surface area contributed by atoms with Crippen LogP contribution in [0.2, 0.25) is 5.02 Å². The van der Waals surface area contributed by atoms with Gasteiger partial charge in [-0.1, -0.05) is 11.6 Å². The number of rotatable bonds is 8. The van der Waals surface area contributed by atoms with Crippen LogP contribution in [-0.4, -0.2) is 41.0 Å². The van der Waals surface area contributed by atoms with Gasteiger partial charge in [-0.05, 0) is 40.3 Å². The first-order valence-electron chi connectivity index (χ1n) is 6.48. The third-order valence-corrected chi connectivity index (χ3v) is 3.26. The molecule has 6 nitrogen and oxygen atoms in total. The van der Waals surface area contributed by atoms with Gasteiger partial charge in [0.05, 0.1) is 6.20 Å². The minimum Gasteiger partial charge on any atom is -0.369 e. The average Bonchev–Trinajstić information content (AvgIpc) is 2.39. The van der Waals surface area contributed by atoms with E-state index in [0.29, 0.717) is 22.8 Å². The fourth-order valence-electron chi connectivity index (χ4n) is 1.51. The molecule has 7 heteroatoms. The lowest BCUT2D eigenvalue weighted by molar-refractivity contribution is 0.269. The molecule has 0 atom stereocenters. The van der Waals surface area contributed by atoms with Gasteiger partial charge in [-0.25, -0.2) is 10.8 Å². The average molecular weight is 287 g/mol. The van der Waals surface area contributed by atoms with Crippen LogP contribution in [-0.2, 0) is 0 Å². The fraction of sp³-hybridized carbons (Fsp3) is 0.667. The summed E-state index contributed by atoms with van der Waals surface area (Å²) in [6.07, 6.45) is 3.72. The van der Waals surface area contributed by atoms with Gasteiger partial charge in [-0.2, -0.15) is 4.98 Å². The molecule has 0 saturated carbocycles. The Hall–Kier alpha value is -1.11. The molecule has 0 bridgehead atoms. The maximum Gasteiger partial charge on any atom is 0.239 e. The predicted octanol–water partition coefficient (Wildman–Crippen LogP) is 1.95. The van der Waals surface area contributed by atoms with Crippen LogP contribution in [0.1, 0.15) is 26.7 Å². The van der Waals surface area contributed by atoms with E-state index in [1.165, 1.54) is 6.20 Å². The number of nitrogens with one attached hydrogen (secondary N) is 2. The van der Waals surface area contributed by atoms with Crippen LogP contribution in [0, 0.1) is 0 Å². The number of nitrogens with zero attached hydrogens (tertiary/aromatic N) is 3. The minimum atomic E-state index is 0.353. The molecule has 1 aromatic heterocycles. The molecule has 0 aliphatic heterocycles. The number of hydrogen-bond donors (Lipinski definition) is 3. The van der Waals surface area contributed by atoms with E-state index in [0.717, 1.165) is 25.9 Å². The highest BCUT2D eigenvalue weighted by molar-refractivity contribution is 6.32. The molecule has 1 heterocycles. The van der Waals surface area contributed by atoms with E-state index in [1.807, 2.05) is 0 Å². The smallest absolute Gasteiger partial charge is 0.239 e. The van der Waals surface area contributed by atoms with Crippen LogP contribution in [0.4, 0.5) is 11.8 Å². The van der Waals surface area contributed by atoms with Gasteiger partial charge in [-0.15, -0.1) is 0 Å². The molecule has 0 radical (unpaired) electrons. The molecule has 0 amide bonds. The van der Waals surface area contributed by atoms with Gasteiger partial charge < -0.3 is 10.2 Å². The number of hydrazine groups is 1. The Kier molecular flexibility index (Phi) is 6.83. The molecule has 1 rings (SSSR count). The lowest BCUT2D eigenvalue weighted by Gasteiger charge is -2.20. The van der Waals surface area contributed by atoms with E-state index in [-0.39, 0.29) is 0 Å². The largest absolute Gasteiger partial charge is 0.369 e. The number of aromatic nitrogens is 2. The van der Waals surface area contributed by atoms with Gasteiger partial charge in [0.2, 0.25) is 5.95 Å². The van der Waals surface area contributed by atoms with Gasteiger partial charge in [-0.3, -0.25) is 5.43 Å². The Morgan fingerprint density at radius 3 is 2.79 bits per heavy atom. The lowest BCUT2D eigenvalue weighted by Crippen LogP contribution is -2.27. The van der Waals surface area contributed by atoms with E-state index < -0.39 is 0 Å². The highest BCUT2D eigenvalue weighted by Crippen LogP contribution is 2.18. The first-order valence-corrected chi connectivity index (χ1v) is 6.85. The summed E-state index contributed by atoms with van der Waals surface area (Å²) in [6.45, 7) is 6.31. The maximum absolute atomic E-state index is 5.99. The monoisotopic (exact) mass is 286 g/mol. The Balaban J connectivity index is 2.29. The van der Waals surface area contributed by atoms with Gasteiger partial charge >= 0.3 is 0 Å². The van der Waals surface area contributed by atoms with Crippen molar-refractivity contribution in [2.24, 2.45) is 5.84 Å². The summed E-state index contributed by atoms with van der Waals surface area (Å²) in [7, 11) is 2.14. The summed E-state index contributed by atoms with van der Waals surface area (Å²) in [4.78, 5) is 10.4. The van der Waals surface area contributed by atoms with Crippen LogP contribution in [0.25, 0.3) is 0 Å². The van der Waals surface area contributed by atoms with E-state index in [1.54, 1.807) is 0 Å². The zero-order chi connectivity index (χ0) is 14.3. The molecule has 0 unspecified atom stereocenters. The summed E-state index contributed by atoms with van der Waals surface area (Å²) in [5.41, 5.74) is 2.40. The molecular formula is C12H23ClN6. The van der Waals surface area contributed by atoms with Gasteiger partial charge in [0, 0.05) is 12.6 Å². The van der Waals surface area contributed by atoms with Crippen molar-refractivity contribution >= 4 is 23.4 Å². The number of hydrogen-bond acceptors (Lipinski definition) is 6. The van der Waals surface area contributed by atoms with Crippen LogP contribution in [0.15, 0.2) is 6.20 Å². The van der Waals surface area contributed by atoms with Crippen molar-refractivity contribution in [3.8, 4) is 0 Å². The zero-order valence-electron chi connectivity index (χ0n) is 11.8. The summed E-state index contributed by atoms with van der Waals surface area (Å²) in [6, 6.07) is 0.586. The molecule has 4 N–H and O–H groups in total. The van der Waals surface area contributed by atoms with Crippen LogP contribution in [0.5, 0.6) is 0 Å². The summed E-state index contributed by atoms with van der Waals surface area (Å²) in [5.74, 6) is 6.22.